The molecule has 0 spiro atoms. The lowest BCUT2D eigenvalue weighted by Gasteiger charge is -2.32. The van der Waals surface area contributed by atoms with Gasteiger partial charge in [-0.3, -0.25) is 4.79 Å². The van der Waals surface area contributed by atoms with Gasteiger partial charge < -0.3 is 14.8 Å². The summed E-state index contributed by atoms with van der Waals surface area (Å²) in [6, 6.07) is 14.9. The van der Waals surface area contributed by atoms with Crippen LogP contribution in [0.5, 0.6) is 11.5 Å². The fraction of sp³-hybridized carbons (Fsp3) is 0.391. The molecule has 0 heterocycles. The summed E-state index contributed by atoms with van der Waals surface area (Å²) in [5.74, 6) is 0.661. The molecule has 1 aliphatic rings. The molecule has 1 saturated carbocycles. The molecule has 1 amide bonds. The van der Waals surface area contributed by atoms with Crippen LogP contribution in [0.3, 0.4) is 0 Å². The first kappa shape index (κ1) is 20.7. The van der Waals surface area contributed by atoms with Crippen LogP contribution in [0.2, 0.25) is 0 Å². The Morgan fingerprint density at radius 3 is 2.21 bits per heavy atom. The molecular formula is C23H25FN2O3. The normalized spacial score (nSPS) is 19.1. The second-order valence-corrected chi connectivity index (χ2v) is 7.77. The standard InChI is InChI=1S/C23H25FN2O3/c1-23(2,29-21-11-5-17(24)6-12-21)22(27)26-18-7-13-20(14-8-18)28-19-9-3-16(15-25)4-10-19/h3-6,9-12,18,20H,7-8,13-14H2,1-2H3,(H,26,27)/t18-,20-. The number of nitrogens with zero attached hydrogens (tertiary/aromatic N) is 1. The van der Waals surface area contributed by atoms with Crippen molar-refractivity contribution in [2.24, 2.45) is 0 Å². The SMILES string of the molecule is CC(C)(Oc1ccc(F)cc1)C(=O)N[C@H]1CC[C@H](Oc2ccc(C#N)cc2)CC1. The number of rotatable bonds is 6. The van der Waals surface area contributed by atoms with Gasteiger partial charge in [0.15, 0.2) is 5.60 Å². The average molecular weight is 396 g/mol. The molecule has 0 atom stereocenters. The van der Waals surface area contributed by atoms with Crippen LogP contribution in [0.15, 0.2) is 48.5 Å². The predicted octanol–water partition coefficient (Wildman–Crippen LogP) is 4.36. The molecule has 1 aliphatic carbocycles. The molecule has 0 aliphatic heterocycles. The minimum absolute atomic E-state index is 0.0689. The van der Waals surface area contributed by atoms with E-state index in [4.69, 9.17) is 14.7 Å². The molecule has 1 fully saturated rings. The Balaban J connectivity index is 1.47. The van der Waals surface area contributed by atoms with Crippen molar-refractivity contribution in [3.63, 3.8) is 0 Å². The zero-order valence-corrected chi connectivity index (χ0v) is 16.7. The van der Waals surface area contributed by atoms with Crippen molar-refractivity contribution < 1.29 is 18.7 Å². The van der Waals surface area contributed by atoms with E-state index in [0.717, 1.165) is 31.4 Å². The summed E-state index contributed by atoms with van der Waals surface area (Å²) in [4.78, 5) is 12.7. The molecule has 0 saturated heterocycles. The number of ether oxygens (including phenoxy) is 2. The lowest BCUT2D eigenvalue weighted by atomic mass is 9.92. The maximum absolute atomic E-state index is 13.0. The molecule has 3 rings (SSSR count). The van der Waals surface area contributed by atoms with Crippen LogP contribution in [-0.2, 0) is 4.79 Å². The van der Waals surface area contributed by atoms with E-state index in [0.29, 0.717) is 11.3 Å². The van der Waals surface area contributed by atoms with E-state index < -0.39 is 5.60 Å². The summed E-state index contributed by atoms with van der Waals surface area (Å²) < 4.78 is 24.8. The van der Waals surface area contributed by atoms with E-state index in [-0.39, 0.29) is 23.9 Å². The topological polar surface area (TPSA) is 71.3 Å². The van der Waals surface area contributed by atoms with Crippen molar-refractivity contribution in [2.45, 2.75) is 57.3 Å². The van der Waals surface area contributed by atoms with Gasteiger partial charge in [-0.25, -0.2) is 4.39 Å². The van der Waals surface area contributed by atoms with Gasteiger partial charge in [0.25, 0.3) is 5.91 Å². The molecule has 1 N–H and O–H groups in total. The number of nitrogens with one attached hydrogen (secondary N) is 1. The lowest BCUT2D eigenvalue weighted by molar-refractivity contribution is -0.135. The highest BCUT2D eigenvalue weighted by molar-refractivity contribution is 5.85. The van der Waals surface area contributed by atoms with Crippen molar-refractivity contribution >= 4 is 5.91 Å². The maximum Gasteiger partial charge on any atom is 0.263 e. The molecule has 0 unspecified atom stereocenters. The molecule has 2 aromatic carbocycles. The van der Waals surface area contributed by atoms with Crippen LogP contribution in [0.25, 0.3) is 0 Å². The van der Waals surface area contributed by atoms with E-state index in [2.05, 4.69) is 11.4 Å². The monoisotopic (exact) mass is 396 g/mol. The summed E-state index contributed by atoms with van der Waals surface area (Å²) >= 11 is 0. The molecule has 152 valence electrons. The minimum atomic E-state index is -1.06. The van der Waals surface area contributed by atoms with E-state index >= 15 is 0 Å². The number of carbonyl (C=O) groups excluding carboxylic acids is 1. The number of amides is 1. The Morgan fingerprint density at radius 2 is 1.62 bits per heavy atom. The van der Waals surface area contributed by atoms with E-state index in [1.807, 2.05) is 12.1 Å². The Morgan fingerprint density at radius 1 is 1.03 bits per heavy atom. The van der Waals surface area contributed by atoms with Crippen LogP contribution in [0.4, 0.5) is 4.39 Å². The first-order valence-electron chi connectivity index (χ1n) is 9.78. The molecule has 5 nitrogen and oxygen atoms in total. The molecule has 0 bridgehead atoms. The number of hydrogen-bond acceptors (Lipinski definition) is 4. The first-order chi connectivity index (χ1) is 13.9. The van der Waals surface area contributed by atoms with Crippen LogP contribution in [-0.4, -0.2) is 23.7 Å². The van der Waals surface area contributed by atoms with E-state index in [9.17, 15) is 9.18 Å². The van der Waals surface area contributed by atoms with Gasteiger partial charge in [-0.1, -0.05) is 0 Å². The smallest absolute Gasteiger partial charge is 0.263 e. The van der Waals surface area contributed by atoms with Gasteiger partial charge >= 0.3 is 0 Å². The lowest BCUT2D eigenvalue weighted by Crippen LogP contribution is -2.51. The van der Waals surface area contributed by atoms with Crippen molar-refractivity contribution in [3.8, 4) is 17.6 Å². The summed E-state index contributed by atoms with van der Waals surface area (Å²) in [5.41, 5.74) is -0.456. The Kier molecular flexibility index (Phi) is 6.38. The largest absolute Gasteiger partial charge is 0.490 e. The van der Waals surface area contributed by atoms with Crippen molar-refractivity contribution in [3.05, 3.63) is 59.9 Å². The Labute approximate surface area is 170 Å². The van der Waals surface area contributed by atoms with Gasteiger partial charge in [-0.15, -0.1) is 0 Å². The molecule has 6 heteroatoms. The van der Waals surface area contributed by atoms with Crippen LogP contribution in [0, 0.1) is 17.1 Å². The second kappa shape index (κ2) is 8.95. The van der Waals surface area contributed by atoms with Gasteiger partial charge in [0.1, 0.15) is 17.3 Å². The highest BCUT2D eigenvalue weighted by atomic mass is 19.1. The number of benzene rings is 2. The number of halogens is 1. The van der Waals surface area contributed by atoms with Crippen molar-refractivity contribution in [1.29, 1.82) is 5.26 Å². The fourth-order valence-corrected chi connectivity index (χ4v) is 3.33. The molecular weight excluding hydrogens is 371 g/mol. The van der Waals surface area contributed by atoms with Crippen molar-refractivity contribution in [1.82, 2.24) is 5.32 Å². The fourth-order valence-electron chi connectivity index (χ4n) is 3.33. The van der Waals surface area contributed by atoms with Gasteiger partial charge in [0.05, 0.1) is 17.7 Å². The third kappa shape index (κ3) is 5.71. The highest BCUT2D eigenvalue weighted by Gasteiger charge is 2.33. The van der Waals surface area contributed by atoms with Gasteiger partial charge in [0.2, 0.25) is 0 Å². The quantitative estimate of drug-likeness (QED) is 0.787. The number of carbonyl (C=O) groups is 1. The third-order valence-corrected chi connectivity index (χ3v) is 5.03. The minimum Gasteiger partial charge on any atom is -0.490 e. The van der Waals surface area contributed by atoms with Gasteiger partial charge in [0, 0.05) is 6.04 Å². The van der Waals surface area contributed by atoms with Crippen molar-refractivity contribution in [2.75, 3.05) is 0 Å². The summed E-state index contributed by atoms with van der Waals surface area (Å²) in [6.45, 7) is 3.40. The number of nitriles is 1. The van der Waals surface area contributed by atoms with Gasteiger partial charge in [-0.05, 0) is 88.1 Å². The molecule has 0 aromatic heterocycles. The van der Waals surface area contributed by atoms with E-state index in [1.54, 1.807) is 26.0 Å². The third-order valence-electron chi connectivity index (χ3n) is 5.03. The molecule has 29 heavy (non-hydrogen) atoms. The Hall–Kier alpha value is -3.07. The van der Waals surface area contributed by atoms with Gasteiger partial charge in [-0.2, -0.15) is 5.26 Å². The first-order valence-corrected chi connectivity index (χ1v) is 9.78. The van der Waals surface area contributed by atoms with Crippen LogP contribution < -0.4 is 14.8 Å². The molecule has 0 radical (unpaired) electrons. The maximum atomic E-state index is 13.0. The molecule has 2 aromatic rings. The van der Waals surface area contributed by atoms with Crippen LogP contribution >= 0.6 is 0 Å². The zero-order chi connectivity index (χ0) is 20.9. The average Bonchev–Trinajstić information content (AvgIpc) is 2.71. The van der Waals surface area contributed by atoms with E-state index in [1.165, 1.54) is 24.3 Å². The zero-order valence-electron chi connectivity index (χ0n) is 16.7. The summed E-state index contributed by atoms with van der Waals surface area (Å²) in [6.07, 6.45) is 3.41. The highest BCUT2D eigenvalue weighted by Crippen LogP contribution is 2.25. The second-order valence-electron chi connectivity index (χ2n) is 7.77. The Bertz CT molecular complexity index is 864. The predicted molar refractivity (Wildman–Crippen MR) is 107 cm³/mol. The number of hydrogen-bond donors (Lipinski definition) is 1. The summed E-state index contributed by atoms with van der Waals surface area (Å²) in [7, 11) is 0. The van der Waals surface area contributed by atoms with Crippen LogP contribution in [0.1, 0.15) is 45.1 Å². The summed E-state index contributed by atoms with van der Waals surface area (Å²) in [5, 5.41) is 11.9.